The lowest BCUT2D eigenvalue weighted by molar-refractivity contribution is 0.417. The number of anilines is 3. The Bertz CT molecular complexity index is 934. The van der Waals surface area contributed by atoms with Crippen molar-refractivity contribution >= 4 is 44.0 Å². The average molecular weight is 369 g/mol. The van der Waals surface area contributed by atoms with E-state index in [0.29, 0.717) is 28.3 Å². The summed E-state index contributed by atoms with van der Waals surface area (Å²) in [6.07, 6.45) is 0. The molecule has 0 aliphatic rings. The molecule has 0 fully saturated rings. The van der Waals surface area contributed by atoms with Gasteiger partial charge in [0, 0.05) is 21.6 Å². The first kappa shape index (κ1) is 15.1. The van der Waals surface area contributed by atoms with Crippen molar-refractivity contribution in [2.75, 3.05) is 18.2 Å². The van der Waals surface area contributed by atoms with Crippen LogP contribution in [0.2, 0.25) is 0 Å². The van der Waals surface area contributed by atoms with Crippen LogP contribution >= 0.6 is 15.9 Å². The molecule has 0 saturated carbocycles. The van der Waals surface area contributed by atoms with E-state index in [4.69, 9.17) is 10.5 Å². The number of rotatable bonds is 3. The number of halogens is 1. The number of nitrogens with two attached hydrogens (primary N) is 1. The molecule has 0 spiro atoms. The molecular formula is C17H13BrN4O. The Hall–Kier alpha value is -2.78. The minimum Gasteiger partial charge on any atom is -0.495 e. The normalized spacial score (nSPS) is 10.3. The maximum absolute atomic E-state index is 9.39. The van der Waals surface area contributed by atoms with Crippen molar-refractivity contribution in [2.24, 2.45) is 0 Å². The molecule has 1 aromatic heterocycles. The van der Waals surface area contributed by atoms with Gasteiger partial charge in [0.15, 0.2) is 0 Å². The quantitative estimate of drug-likeness (QED) is 0.676. The fourth-order valence-corrected chi connectivity index (χ4v) is 2.68. The van der Waals surface area contributed by atoms with E-state index >= 15 is 0 Å². The van der Waals surface area contributed by atoms with E-state index in [-0.39, 0.29) is 0 Å². The van der Waals surface area contributed by atoms with Crippen LogP contribution in [0.15, 0.2) is 46.9 Å². The molecule has 0 radical (unpaired) electrons. The van der Waals surface area contributed by atoms with Gasteiger partial charge >= 0.3 is 0 Å². The first-order chi connectivity index (χ1) is 11.1. The maximum atomic E-state index is 9.39. The third kappa shape index (κ3) is 3.05. The number of pyridine rings is 1. The van der Waals surface area contributed by atoms with E-state index < -0.39 is 0 Å². The first-order valence-electron chi connectivity index (χ1n) is 6.81. The standard InChI is InChI=1S/C17H13BrN4O/c1-23-16-8-15-10(6-14(16)20)5-11(9-19)17(22-15)21-13-4-2-3-12(18)7-13/h2-8H,20H2,1H3,(H,21,22). The van der Waals surface area contributed by atoms with Gasteiger partial charge in [-0.1, -0.05) is 22.0 Å². The van der Waals surface area contributed by atoms with Crippen molar-refractivity contribution in [1.82, 2.24) is 4.98 Å². The molecule has 1 heterocycles. The van der Waals surface area contributed by atoms with Crippen LogP contribution in [0.3, 0.4) is 0 Å². The van der Waals surface area contributed by atoms with E-state index in [9.17, 15) is 5.26 Å². The van der Waals surface area contributed by atoms with Gasteiger partial charge < -0.3 is 15.8 Å². The van der Waals surface area contributed by atoms with Gasteiger partial charge in [-0.15, -0.1) is 0 Å². The van der Waals surface area contributed by atoms with E-state index in [1.54, 1.807) is 25.3 Å². The average Bonchev–Trinajstić information content (AvgIpc) is 2.54. The Morgan fingerprint density at radius 2 is 2.09 bits per heavy atom. The molecule has 3 N–H and O–H groups in total. The lowest BCUT2D eigenvalue weighted by atomic mass is 10.1. The van der Waals surface area contributed by atoms with Crippen LogP contribution in [0.4, 0.5) is 17.2 Å². The molecule has 6 heteroatoms. The topological polar surface area (TPSA) is 84.0 Å². The van der Waals surface area contributed by atoms with Gasteiger partial charge in [0.05, 0.1) is 23.9 Å². The Morgan fingerprint density at radius 3 is 2.78 bits per heavy atom. The molecular weight excluding hydrogens is 356 g/mol. The number of benzene rings is 2. The molecule has 23 heavy (non-hydrogen) atoms. The van der Waals surface area contributed by atoms with E-state index in [1.807, 2.05) is 24.3 Å². The van der Waals surface area contributed by atoms with Crippen molar-refractivity contribution < 1.29 is 4.74 Å². The summed E-state index contributed by atoms with van der Waals surface area (Å²) in [7, 11) is 1.56. The summed E-state index contributed by atoms with van der Waals surface area (Å²) in [6.45, 7) is 0. The van der Waals surface area contributed by atoms with Crippen LogP contribution in [-0.4, -0.2) is 12.1 Å². The molecule has 3 rings (SSSR count). The van der Waals surface area contributed by atoms with Crippen molar-refractivity contribution in [3.05, 3.63) is 52.5 Å². The summed E-state index contributed by atoms with van der Waals surface area (Å²) in [5.74, 6) is 1.05. The summed E-state index contributed by atoms with van der Waals surface area (Å²) >= 11 is 3.42. The summed E-state index contributed by atoms with van der Waals surface area (Å²) < 4.78 is 6.17. The smallest absolute Gasteiger partial charge is 0.149 e. The van der Waals surface area contributed by atoms with Crippen LogP contribution in [0.1, 0.15) is 5.56 Å². The highest BCUT2D eigenvalue weighted by molar-refractivity contribution is 9.10. The maximum Gasteiger partial charge on any atom is 0.149 e. The fourth-order valence-electron chi connectivity index (χ4n) is 2.28. The third-order valence-electron chi connectivity index (χ3n) is 3.37. The summed E-state index contributed by atoms with van der Waals surface area (Å²) in [4.78, 5) is 4.54. The number of hydrogen-bond donors (Lipinski definition) is 2. The largest absolute Gasteiger partial charge is 0.495 e. The minimum atomic E-state index is 0.446. The highest BCUT2D eigenvalue weighted by atomic mass is 79.9. The van der Waals surface area contributed by atoms with Gasteiger partial charge in [-0.2, -0.15) is 5.26 Å². The highest BCUT2D eigenvalue weighted by Crippen LogP contribution is 2.30. The van der Waals surface area contributed by atoms with Crippen molar-refractivity contribution in [3.63, 3.8) is 0 Å². The SMILES string of the molecule is COc1cc2nc(Nc3cccc(Br)c3)c(C#N)cc2cc1N. The monoisotopic (exact) mass is 368 g/mol. The molecule has 5 nitrogen and oxygen atoms in total. The third-order valence-corrected chi connectivity index (χ3v) is 3.87. The minimum absolute atomic E-state index is 0.446. The van der Waals surface area contributed by atoms with Crippen LogP contribution < -0.4 is 15.8 Å². The number of nitrogen functional groups attached to an aromatic ring is 1. The van der Waals surface area contributed by atoms with Gasteiger partial charge in [-0.25, -0.2) is 4.98 Å². The van der Waals surface area contributed by atoms with Crippen LogP contribution in [0, 0.1) is 11.3 Å². The Labute approximate surface area is 141 Å². The number of hydrogen-bond acceptors (Lipinski definition) is 5. The van der Waals surface area contributed by atoms with Crippen LogP contribution in [-0.2, 0) is 0 Å². The van der Waals surface area contributed by atoms with E-state index in [1.165, 1.54) is 0 Å². The molecule has 0 amide bonds. The van der Waals surface area contributed by atoms with Crippen molar-refractivity contribution in [3.8, 4) is 11.8 Å². The number of nitrogens with zero attached hydrogens (tertiary/aromatic N) is 2. The lowest BCUT2D eigenvalue weighted by Gasteiger charge is -2.11. The van der Waals surface area contributed by atoms with E-state index in [0.717, 1.165) is 15.5 Å². The number of ether oxygens (including phenoxy) is 1. The summed E-state index contributed by atoms with van der Waals surface area (Å²) in [6, 6.07) is 15.1. The van der Waals surface area contributed by atoms with Crippen molar-refractivity contribution in [2.45, 2.75) is 0 Å². The molecule has 0 saturated heterocycles. The van der Waals surface area contributed by atoms with Crippen LogP contribution in [0.5, 0.6) is 5.75 Å². The summed E-state index contributed by atoms with van der Waals surface area (Å²) in [5, 5.41) is 13.3. The first-order valence-corrected chi connectivity index (χ1v) is 7.61. The van der Waals surface area contributed by atoms with Gasteiger partial charge in [0.25, 0.3) is 0 Å². The summed E-state index contributed by atoms with van der Waals surface area (Å²) in [5.41, 5.74) is 8.41. The zero-order valence-corrected chi connectivity index (χ0v) is 13.9. The molecule has 114 valence electrons. The zero-order chi connectivity index (χ0) is 16.4. The molecule has 3 aromatic rings. The van der Waals surface area contributed by atoms with Crippen LogP contribution in [0.25, 0.3) is 10.9 Å². The molecule has 0 aliphatic heterocycles. The van der Waals surface area contributed by atoms with Gasteiger partial charge in [-0.3, -0.25) is 0 Å². The molecule has 0 aliphatic carbocycles. The predicted molar refractivity (Wildman–Crippen MR) is 94.8 cm³/mol. The van der Waals surface area contributed by atoms with E-state index in [2.05, 4.69) is 32.3 Å². The molecule has 0 unspecified atom stereocenters. The second kappa shape index (κ2) is 6.15. The number of nitrogens with one attached hydrogen (secondary N) is 1. The fraction of sp³-hybridized carbons (Fsp3) is 0.0588. The van der Waals surface area contributed by atoms with Gasteiger partial charge in [0.1, 0.15) is 17.6 Å². The number of fused-ring (bicyclic) bond motifs is 1. The second-order valence-electron chi connectivity index (χ2n) is 4.92. The molecule has 2 aromatic carbocycles. The number of nitriles is 1. The number of methoxy groups -OCH3 is 1. The van der Waals surface area contributed by atoms with Gasteiger partial charge in [0.2, 0.25) is 0 Å². The van der Waals surface area contributed by atoms with Crippen molar-refractivity contribution in [1.29, 1.82) is 5.26 Å². The Balaban J connectivity index is 2.12. The Morgan fingerprint density at radius 1 is 1.26 bits per heavy atom. The highest BCUT2D eigenvalue weighted by Gasteiger charge is 2.10. The molecule has 0 bridgehead atoms. The zero-order valence-electron chi connectivity index (χ0n) is 12.3. The Kier molecular flexibility index (Phi) is 4.04. The molecule has 0 atom stereocenters. The lowest BCUT2D eigenvalue weighted by Crippen LogP contribution is -1.99. The predicted octanol–water partition coefficient (Wildman–Crippen LogP) is 4.20. The number of aromatic nitrogens is 1. The van der Waals surface area contributed by atoms with Gasteiger partial charge in [-0.05, 0) is 30.3 Å². The second-order valence-corrected chi connectivity index (χ2v) is 5.83.